The van der Waals surface area contributed by atoms with Crippen LogP contribution in [0, 0.1) is 0 Å². The summed E-state index contributed by atoms with van der Waals surface area (Å²) in [6, 6.07) is 3.02. The Morgan fingerprint density at radius 2 is 1.80 bits per heavy atom. The predicted octanol–water partition coefficient (Wildman–Crippen LogP) is 2.63. The molecule has 0 aliphatic rings. The lowest BCUT2D eigenvalue weighted by molar-refractivity contribution is 0.0690. The zero-order valence-corrected chi connectivity index (χ0v) is 8.75. The smallest absolute Gasteiger partial charge is 0.356 e. The fourth-order valence-corrected chi connectivity index (χ4v) is 1.43. The third-order valence-electron chi connectivity index (χ3n) is 1.80. The average Bonchev–Trinajstić information content (AvgIpc) is 2.19. The van der Waals surface area contributed by atoms with E-state index < -0.39 is 5.97 Å². The van der Waals surface area contributed by atoms with E-state index >= 15 is 0 Å². The van der Waals surface area contributed by atoms with Crippen LogP contribution in [0.1, 0.15) is 10.5 Å². The number of aromatic carboxylic acids is 1. The first-order chi connectivity index (χ1) is 7.08. The molecule has 4 nitrogen and oxygen atoms in total. The SMILES string of the molecule is O=C(O)c1cnc2cc(Cl)c(Cl)cc2n1. The number of carboxylic acids is 1. The van der Waals surface area contributed by atoms with Crippen molar-refractivity contribution in [2.75, 3.05) is 0 Å². The summed E-state index contributed by atoms with van der Waals surface area (Å²) in [6.07, 6.45) is 1.18. The number of hydrogen-bond acceptors (Lipinski definition) is 3. The lowest BCUT2D eigenvalue weighted by Crippen LogP contribution is -2.01. The van der Waals surface area contributed by atoms with Crippen LogP contribution in [0.3, 0.4) is 0 Å². The van der Waals surface area contributed by atoms with E-state index in [1.807, 2.05) is 0 Å². The highest BCUT2D eigenvalue weighted by atomic mass is 35.5. The van der Waals surface area contributed by atoms with Crippen molar-refractivity contribution in [1.82, 2.24) is 9.97 Å². The summed E-state index contributed by atoms with van der Waals surface area (Å²) in [5, 5.41) is 9.39. The van der Waals surface area contributed by atoms with E-state index in [-0.39, 0.29) is 5.69 Å². The van der Waals surface area contributed by atoms with Gasteiger partial charge >= 0.3 is 5.97 Å². The van der Waals surface area contributed by atoms with Crippen LogP contribution in [0.2, 0.25) is 10.0 Å². The summed E-state index contributed by atoms with van der Waals surface area (Å²) in [5.41, 5.74) is 0.791. The molecule has 0 unspecified atom stereocenters. The van der Waals surface area contributed by atoms with Crippen LogP contribution >= 0.6 is 23.2 Å². The molecular weight excluding hydrogens is 239 g/mol. The lowest BCUT2D eigenvalue weighted by atomic mass is 10.3. The summed E-state index contributed by atoms with van der Waals surface area (Å²) in [5.74, 6) is -1.13. The van der Waals surface area contributed by atoms with Crippen LogP contribution < -0.4 is 0 Å². The number of rotatable bonds is 1. The zero-order valence-electron chi connectivity index (χ0n) is 7.24. The van der Waals surface area contributed by atoms with Crippen LogP contribution in [-0.2, 0) is 0 Å². The van der Waals surface area contributed by atoms with Crippen molar-refractivity contribution in [2.24, 2.45) is 0 Å². The van der Waals surface area contributed by atoms with Crippen LogP contribution in [-0.4, -0.2) is 21.0 Å². The Bertz CT molecular complexity index is 557. The van der Waals surface area contributed by atoms with Crippen molar-refractivity contribution in [3.63, 3.8) is 0 Å². The molecule has 0 amide bonds. The zero-order chi connectivity index (χ0) is 11.0. The highest BCUT2D eigenvalue weighted by molar-refractivity contribution is 6.42. The van der Waals surface area contributed by atoms with E-state index in [0.717, 1.165) is 0 Å². The van der Waals surface area contributed by atoms with Gasteiger partial charge in [-0.05, 0) is 12.1 Å². The first-order valence-electron chi connectivity index (χ1n) is 3.93. The quantitative estimate of drug-likeness (QED) is 0.836. The molecule has 76 valence electrons. The summed E-state index contributed by atoms with van der Waals surface area (Å²) in [7, 11) is 0. The number of hydrogen-bond donors (Lipinski definition) is 1. The van der Waals surface area contributed by atoms with Crippen LogP contribution in [0.4, 0.5) is 0 Å². The predicted molar refractivity (Wildman–Crippen MR) is 56.5 cm³/mol. The first-order valence-corrected chi connectivity index (χ1v) is 4.68. The molecule has 0 bridgehead atoms. The van der Waals surface area contributed by atoms with Gasteiger partial charge in [0.15, 0.2) is 5.69 Å². The summed E-state index contributed by atoms with van der Waals surface area (Å²) >= 11 is 11.5. The minimum atomic E-state index is -1.13. The number of benzene rings is 1. The summed E-state index contributed by atoms with van der Waals surface area (Å²) in [4.78, 5) is 18.4. The molecule has 1 N–H and O–H groups in total. The maximum Gasteiger partial charge on any atom is 0.356 e. The van der Waals surface area contributed by atoms with Gasteiger partial charge in [-0.1, -0.05) is 23.2 Å². The molecule has 15 heavy (non-hydrogen) atoms. The Kier molecular flexibility index (Phi) is 2.46. The monoisotopic (exact) mass is 242 g/mol. The van der Waals surface area contributed by atoms with Gasteiger partial charge in [0.1, 0.15) is 0 Å². The second-order valence-electron chi connectivity index (χ2n) is 2.82. The fraction of sp³-hybridized carbons (Fsp3) is 0. The molecule has 0 saturated carbocycles. The fourth-order valence-electron chi connectivity index (χ4n) is 1.11. The molecule has 0 radical (unpaired) electrons. The van der Waals surface area contributed by atoms with Gasteiger partial charge < -0.3 is 5.11 Å². The Labute approximate surface area is 94.5 Å². The minimum Gasteiger partial charge on any atom is -0.476 e. The van der Waals surface area contributed by atoms with Gasteiger partial charge in [-0.2, -0.15) is 0 Å². The van der Waals surface area contributed by atoms with Crippen LogP contribution in [0.15, 0.2) is 18.3 Å². The van der Waals surface area contributed by atoms with Crippen LogP contribution in [0.5, 0.6) is 0 Å². The molecule has 2 rings (SSSR count). The molecule has 0 spiro atoms. The van der Waals surface area contributed by atoms with Crippen molar-refractivity contribution in [3.8, 4) is 0 Å². The van der Waals surface area contributed by atoms with Gasteiger partial charge in [0.05, 0.1) is 27.3 Å². The number of fused-ring (bicyclic) bond motifs is 1. The third kappa shape index (κ3) is 1.86. The Balaban J connectivity index is 2.72. The molecule has 1 aromatic heterocycles. The first kappa shape index (κ1) is 10.1. The number of carboxylic acid groups (broad SMARTS) is 1. The molecule has 0 saturated heterocycles. The standard InChI is InChI=1S/C9H4Cl2N2O2/c10-4-1-6-7(2-5(4)11)13-8(3-12-6)9(14)15/h1-3H,(H,14,15). The topological polar surface area (TPSA) is 63.1 Å². The van der Waals surface area contributed by atoms with E-state index in [0.29, 0.717) is 21.1 Å². The second kappa shape index (κ2) is 3.64. The van der Waals surface area contributed by atoms with E-state index in [4.69, 9.17) is 28.3 Å². The highest BCUT2D eigenvalue weighted by Crippen LogP contribution is 2.25. The maximum atomic E-state index is 10.6. The van der Waals surface area contributed by atoms with Crippen molar-refractivity contribution in [2.45, 2.75) is 0 Å². The van der Waals surface area contributed by atoms with Crippen molar-refractivity contribution in [1.29, 1.82) is 0 Å². The van der Waals surface area contributed by atoms with Crippen molar-refractivity contribution < 1.29 is 9.90 Å². The number of nitrogens with zero attached hydrogens (tertiary/aromatic N) is 2. The summed E-state index contributed by atoms with van der Waals surface area (Å²) < 4.78 is 0. The number of halogens is 2. The molecule has 6 heteroatoms. The van der Waals surface area contributed by atoms with Gasteiger partial charge in [-0.25, -0.2) is 9.78 Å². The van der Waals surface area contributed by atoms with Gasteiger partial charge in [-0.3, -0.25) is 4.98 Å². The van der Waals surface area contributed by atoms with Gasteiger partial charge in [-0.15, -0.1) is 0 Å². The molecule has 1 aromatic carbocycles. The summed E-state index contributed by atoms with van der Waals surface area (Å²) in [6.45, 7) is 0. The molecule has 0 aliphatic heterocycles. The van der Waals surface area contributed by atoms with Crippen LogP contribution in [0.25, 0.3) is 11.0 Å². The van der Waals surface area contributed by atoms with Gasteiger partial charge in [0.25, 0.3) is 0 Å². The van der Waals surface area contributed by atoms with Crippen molar-refractivity contribution in [3.05, 3.63) is 34.1 Å². The number of carbonyl (C=O) groups is 1. The van der Waals surface area contributed by atoms with Crippen molar-refractivity contribution >= 4 is 40.2 Å². The molecule has 2 aromatic rings. The maximum absolute atomic E-state index is 10.6. The Hall–Kier alpha value is -1.39. The van der Waals surface area contributed by atoms with Gasteiger partial charge in [0, 0.05) is 0 Å². The molecule has 0 fully saturated rings. The largest absolute Gasteiger partial charge is 0.476 e. The normalized spacial score (nSPS) is 10.5. The van der Waals surface area contributed by atoms with Gasteiger partial charge in [0.2, 0.25) is 0 Å². The molecular formula is C9H4Cl2N2O2. The molecule has 0 aliphatic carbocycles. The Morgan fingerprint density at radius 3 is 2.40 bits per heavy atom. The minimum absolute atomic E-state index is 0.124. The third-order valence-corrected chi connectivity index (χ3v) is 2.53. The average molecular weight is 243 g/mol. The van der Waals surface area contributed by atoms with E-state index in [9.17, 15) is 4.79 Å². The van der Waals surface area contributed by atoms with E-state index in [2.05, 4.69) is 9.97 Å². The molecule has 1 heterocycles. The number of aromatic nitrogens is 2. The Morgan fingerprint density at radius 1 is 1.20 bits per heavy atom. The highest BCUT2D eigenvalue weighted by Gasteiger charge is 2.08. The molecule has 0 atom stereocenters. The van der Waals surface area contributed by atoms with E-state index in [1.165, 1.54) is 18.3 Å². The second-order valence-corrected chi connectivity index (χ2v) is 3.63. The van der Waals surface area contributed by atoms with E-state index in [1.54, 1.807) is 0 Å². The lowest BCUT2D eigenvalue weighted by Gasteiger charge is -2.00.